The highest BCUT2D eigenvalue weighted by molar-refractivity contribution is 5.54. The van der Waals surface area contributed by atoms with Gasteiger partial charge in [0.25, 0.3) is 0 Å². The molecule has 0 aliphatic rings. The molecule has 3 rings (SSSR count). The summed E-state index contributed by atoms with van der Waals surface area (Å²) in [6, 6.07) is 22.1. The van der Waals surface area contributed by atoms with Gasteiger partial charge in [-0.2, -0.15) is 0 Å². The Morgan fingerprint density at radius 1 is 0.556 bits per heavy atom. The minimum absolute atomic E-state index is 0. The van der Waals surface area contributed by atoms with Crippen molar-refractivity contribution < 1.29 is 21.9 Å². The maximum atomic E-state index is 5.91. The van der Waals surface area contributed by atoms with E-state index in [0.717, 1.165) is 17.1 Å². The summed E-state index contributed by atoms with van der Waals surface area (Å²) in [6.45, 7) is 2.09. The Kier molecular flexibility index (Phi) is 10.4. The normalized spacial score (nSPS) is 9.26. The van der Waals surface area contributed by atoms with Crippen molar-refractivity contribution in [2.45, 2.75) is 12.8 Å². The van der Waals surface area contributed by atoms with Gasteiger partial charge in [0.05, 0.1) is 0 Å². The highest BCUT2D eigenvalue weighted by Crippen LogP contribution is 2.35. The number of rotatable bonds is 3. The molecule has 0 fully saturated rings. The third kappa shape index (κ3) is 5.70. The molecule has 0 saturated carbocycles. The largest absolute Gasteiger partial charge is 0.412 e. The Morgan fingerprint density at radius 3 is 1.30 bits per heavy atom. The third-order valence-corrected chi connectivity index (χ3v) is 4.14. The first-order valence-corrected chi connectivity index (χ1v) is 7.61. The number of anilines is 3. The van der Waals surface area contributed by atoms with Gasteiger partial charge >= 0.3 is 0 Å². The molecule has 0 aliphatic carbocycles. The summed E-state index contributed by atoms with van der Waals surface area (Å²) in [5.41, 5.74) is 24.7. The fourth-order valence-electron chi connectivity index (χ4n) is 2.95. The fourth-order valence-corrected chi connectivity index (χ4v) is 2.95. The minimum Gasteiger partial charge on any atom is -0.412 e. The van der Waals surface area contributed by atoms with Crippen molar-refractivity contribution in [2.75, 3.05) is 17.2 Å². The van der Waals surface area contributed by atoms with E-state index < -0.39 is 0 Å². The first-order chi connectivity index (χ1) is 11.0. The molecule has 0 aliphatic heterocycles. The molecule has 27 heavy (non-hydrogen) atoms. The molecule has 0 amide bonds. The molecule has 3 aromatic carbocycles. The number of aryl methyl sites for hydroxylation is 1. The third-order valence-electron chi connectivity index (χ3n) is 4.14. The van der Waals surface area contributed by atoms with Crippen LogP contribution in [0.2, 0.25) is 0 Å². The van der Waals surface area contributed by atoms with Crippen LogP contribution in [0.3, 0.4) is 0 Å². The average molecular weight is 375 g/mol. The summed E-state index contributed by atoms with van der Waals surface area (Å²) in [6.07, 6.45) is 0. The second-order valence-electron chi connectivity index (χ2n) is 5.88. The lowest BCUT2D eigenvalue weighted by molar-refractivity contribution is 0.823. The highest BCUT2D eigenvalue weighted by Gasteiger charge is 2.18. The van der Waals surface area contributed by atoms with E-state index >= 15 is 0 Å². The first kappa shape index (κ1) is 26.1. The molecule has 0 heterocycles. The predicted molar refractivity (Wildman–Crippen MR) is 113 cm³/mol. The van der Waals surface area contributed by atoms with E-state index in [1.807, 2.05) is 36.4 Å². The van der Waals surface area contributed by atoms with E-state index in [9.17, 15) is 0 Å². The zero-order valence-electron chi connectivity index (χ0n) is 15.2. The lowest BCUT2D eigenvalue weighted by atomic mass is 9.83. The van der Waals surface area contributed by atoms with E-state index in [0.29, 0.717) is 0 Å². The topological polar surface area (TPSA) is 204 Å². The van der Waals surface area contributed by atoms with Gasteiger partial charge in [-0.25, -0.2) is 0 Å². The number of hydrogen-bond acceptors (Lipinski definition) is 3. The molecule has 148 valence electrons. The van der Waals surface area contributed by atoms with Crippen LogP contribution >= 0.6 is 0 Å². The van der Waals surface area contributed by atoms with E-state index in [4.69, 9.17) is 17.2 Å². The molecule has 14 N–H and O–H groups in total. The van der Waals surface area contributed by atoms with E-state index in [2.05, 4.69) is 37.3 Å². The maximum absolute atomic E-state index is 5.91. The minimum atomic E-state index is 0. The zero-order chi connectivity index (χ0) is 16.4. The van der Waals surface area contributed by atoms with Gasteiger partial charge in [0.15, 0.2) is 0 Å². The van der Waals surface area contributed by atoms with Crippen molar-refractivity contribution in [3.63, 3.8) is 0 Å². The lowest BCUT2D eigenvalue weighted by Crippen LogP contribution is -2.06. The van der Waals surface area contributed by atoms with Crippen LogP contribution in [-0.4, -0.2) is 21.9 Å². The highest BCUT2D eigenvalue weighted by atomic mass is 16.0. The summed E-state index contributed by atoms with van der Waals surface area (Å²) in [5.74, 6) is 0.122. The predicted octanol–water partition coefficient (Wildman–Crippen LogP) is 0.623. The van der Waals surface area contributed by atoms with Crippen LogP contribution in [0.15, 0.2) is 66.7 Å². The fraction of sp³-hybridized carbons (Fsp3) is 0.100. The second-order valence-corrected chi connectivity index (χ2v) is 5.88. The Bertz CT molecular complexity index is 776. The number of hydrogen-bond donors (Lipinski definition) is 3. The smallest absolute Gasteiger partial charge is 0.0342 e. The molecule has 0 spiro atoms. The zero-order valence-corrected chi connectivity index (χ0v) is 15.2. The van der Waals surface area contributed by atoms with Gasteiger partial charge < -0.3 is 39.1 Å². The molecule has 0 atom stereocenters. The van der Waals surface area contributed by atoms with Crippen molar-refractivity contribution >= 4 is 17.1 Å². The standard InChI is InChI=1S/C20H21N3.4H2O/c1-13-12-18(23)10-11-19(13)20(14-2-6-16(21)7-3-14)15-4-8-17(22)9-5-15;;;;/h2-12,20H,21-23H2,1H3;4*1H2. The van der Waals surface area contributed by atoms with Gasteiger partial charge in [-0.3, -0.25) is 0 Å². The van der Waals surface area contributed by atoms with Crippen LogP contribution in [0.5, 0.6) is 0 Å². The van der Waals surface area contributed by atoms with Crippen LogP contribution in [0.1, 0.15) is 28.2 Å². The SMILES string of the molecule is Cc1cc(N)ccc1C(c1ccc(N)cc1)c1ccc(N)cc1.O.O.O.O. The van der Waals surface area contributed by atoms with Gasteiger partial charge in [0.1, 0.15) is 0 Å². The van der Waals surface area contributed by atoms with E-state index in [1.165, 1.54) is 22.3 Å². The van der Waals surface area contributed by atoms with Crippen molar-refractivity contribution in [2.24, 2.45) is 0 Å². The first-order valence-electron chi connectivity index (χ1n) is 7.61. The van der Waals surface area contributed by atoms with Crippen molar-refractivity contribution in [3.05, 3.63) is 89.0 Å². The molecular weight excluding hydrogens is 346 g/mol. The summed E-state index contributed by atoms with van der Waals surface area (Å²) in [4.78, 5) is 0. The molecule has 0 bridgehead atoms. The summed E-state index contributed by atoms with van der Waals surface area (Å²) in [5, 5.41) is 0. The van der Waals surface area contributed by atoms with Crippen molar-refractivity contribution in [3.8, 4) is 0 Å². The van der Waals surface area contributed by atoms with Crippen LogP contribution in [0.4, 0.5) is 17.1 Å². The Balaban J connectivity index is 0. The van der Waals surface area contributed by atoms with Crippen LogP contribution < -0.4 is 17.2 Å². The number of benzene rings is 3. The van der Waals surface area contributed by atoms with E-state index in [-0.39, 0.29) is 27.8 Å². The van der Waals surface area contributed by atoms with Gasteiger partial charge in [0.2, 0.25) is 0 Å². The molecule has 0 unspecified atom stereocenters. The molecule has 0 saturated heterocycles. The molecule has 0 aromatic heterocycles. The molecular formula is C20H29N3O4. The molecule has 0 radical (unpaired) electrons. The Hall–Kier alpha value is -3.10. The Labute approximate surface area is 158 Å². The summed E-state index contributed by atoms with van der Waals surface area (Å²) < 4.78 is 0. The summed E-state index contributed by atoms with van der Waals surface area (Å²) >= 11 is 0. The van der Waals surface area contributed by atoms with Crippen LogP contribution in [0, 0.1) is 6.92 Å². The van der Waals surface area contributed by atoms with Crippen LogP contribution in [-0.2, 0) is 0 Å². The number of nitrogen functional groups attached to an aromatic ring is 3. The quantitative estimate of drug-likeness (QED) is 0.445. The Morgan fingerprint density at radius 2 is 0.926 bits per heavy atom. The van der Waals surface area contributed by atoms with Gasteiger partial charge in [0, 0.05) is 23.0 Å². The lowest BCUT2D eigenvalue weighted by Gasteiger charge is -2.21. The average Bonchev–Trinajstić information content (AvgIpc) is 2.53. The van der Waals surface area contributed by atoms with Gasteiger partial charge in [-0.15, -0.1) is 0 Å². The van der Waals surface area contributed by atoms with E-state index in [1.54, 1.807) is 0 Å². The molecule has 7 nitrogen and oxygen atoms in total. The second kappa shape index (κ2) is 10.8. The van der Waals surface area contributed by atoms with Crippen molar-refractivity contribution in [1.29, 1.82) is 0 Å². The molecule has 3 aromatic rings. The van der Waals surface area contributed by atoms with Gasteiger partial charge in [-0.1, -0.05) is 30.3 Å². The van der Waals surface area contributed by atoms with Gasteiger partial charge in [-0.05, 0) is 65.6 Å². The van der Waals surface area contributed by atoms with Crippen molar-refractivity contribution in [1.82, 2.24) is 0 Å². The van der Waals surface area contributed by atoms with Crippen LogP contribution in [0.25, 0.3) is 0 Å². The molecule has 7 heteroatoms. The summed E-state index contributed by atoms with van der Waals surface area (Å²) in [7, 11) is 0. The monoisotopic (exact) mass is 375 g/mol. The number of nitrogens with two attached hydrogens (primary N) is 3. The maximum Gasteiger partial charge on any atom is 0.0342 e.